The van der Waals surface area contributed by atoms with Gasteiger partial charge >= 0.3 is 5.97 Å². The third kappa shape index (κ3) is 2.31. The number of Topliss-reactive ketones (excluding diaryl/α,β-unsaturated/α-hetero) is 1. The molecular weight excluding hydrogens is 294 g/mol. The Morgan fingerprint density at radius 3 is 2.25 bits per heavy atom. The molecule has 20 heavy (non-hydrogen) atoms. The molecule has 2 heterocycles. The largest absolute Gasteiger partial charge is 0.465 e. The van der Waals surface area contributed by atoms with Gasteiger partial charge in [-0.1, -0.05) is 0 Å². The predicted octanol–water partition coefficient (Wildman–Crippen LogP) is 2.63. The molecule has 3 rings (SSSR count). The number of anilines is 1. The molecule has 2 bridgehead atoms. The lowest BCUT2D eigenvalue weighted by Crippen LogP contribution is -2.28. The van der Waals surface area contributed by atoms with Gasteiger partial charge in [0.1, 0.15) is 0 Å². The van der Waals surface area contributed by atoms with Crippen molar-refractivity contribution in [3.63, 3.8) is 0 Å². The summed E-state index contributed by atoms with van der Waals surface area (Å²) in [5, 5.41) is 0.885. The highest BCUT2D eigenvalue weighted by molar-refractivity contribution is 8.08. The van der Waals surface area contributed by atoms with Crippen molar-refractivity contribution in [3.05, 3.63) is 29.3 Å². The molecule has 2 atom stereocenters. The zero-order valence-corrected chi connectivity index (χ0v) is 12.9. The van der Waals surface area contributed by atoms with Crippen LogP contribution in [0.15, 0.2) is 18.2 Å². The van der Waals surface area contributed by atoms with Crippen molar-refractivity contribution in [2.45, 2.75) is 17.7 Å². The topological polar surface area (TPSA) is 46.6 Å². The fourth-order valence-corrected chi connectivity index (χ4v) is 5.79. The van der Waals surface area contributed by atoms with E-state index in [2.05, 4.69) is 4.90 Å². The van der Waals surface area contributed by atoms with E-state index in [1.54, 1.807) is 6.07 Å². The van der Waals surface area contributed by atoms with Gasteiger partial charge in [0.05, 0.1) is 23.4 Å². The van der Waals surface area contributed by atoms with Crippen molar-refractivity contribution in [2.24, 2.45) is 0 Å². The Kier molecular flexibility index (Phi) is 3.69. The molecule has 4 nitrogen and oxygen atoms in total. The Morgan fingerprint density at radius 2 is 1.75 bits per heavy atom. The molecule has 106 valence electrons. The van der Waals surface area contributed by atoms with E-state index in [4.69, 9.17) is 4.74 Å². The molecule has 0 amide bonds. The summed E-state index contributed by atoms with van der Waals surface area (Å²) in [6.45, 7) is 1.52. The highest BCUT2D eigenvalue weighted by atomic mass is 32.2. The standard InChI is InChI=1S/C14H15NO3S2/c1-8(16)9-3-10(14(17)18-2)5-11(4-9)15-12-6-19-13(15)7-20-12/h3-5,12-13H,6-7H2,1-2H3. The number of hydrogen-bond donors (Lipinski definition) is 0. The van der Waals surface area contributed by atoms with Crippen molar-refractivity contribution in [1.82, 2.24) is 0 Å². The first-order chi connectivity index (χ1) is 9.60. The number of ketones is 1. The van der Waals surface area contributed by atoms with Crippen molar-refractivity contribution in [3.8, 4) is 0 Å². The number of ether oxygens (including phenoxy) is 1. The van der Waals surface area contributed by atoms with E-state index in [0.717, 1.165) is 17.2 Å². The number of carbonyl (C=O) groups is 2. The third-order valence-electron chi connectivity index (χ3n) is 3.53. The molecule has 2 fully saturated rings. The molecule has 2 saturated heterocycles. The van der Waals surface area contributed by atoms with Crippen LogP contribution < -0.4 is 4.90 Å². The summed E-state index contributed by atoms with van der Waals surface area (Å²) in [6.07, 6.45) is 0. The van der Waals surface area contributed by atoms with Crippen LogP contribution in [0.25, 0.3) is 0 Å². The first-order valence-electron chi connectivity index (χ1n) is 6.36. The number of esters is 1. The van der Waals surface area contributed by atoms with Crippen LogP contribution in [0.2, 0.25) is 0 Å². The Hall–Kier alpha value is -1.14. The van der Waals surface area contributed by atoms with Gasteiger partial charge in [-0.3, -0.25) is 4.79 Å². The molecule has 0 spiro atoms. The zero-order chi connectivity index (χ0) is 14.3. The lowest BCUT2D eigenvalue weighted by Gasteiger charge is -2.23. The number of hydrogen-bond acceptors (Lipinski definition) is 6. The zero-order valence-electron chi connectivity index (χ0n) is 11.3. The van der Waals surface area contributed by atoms with E-state index >= 15 is 0 Å². The smallest absolute Gasteiger partial charge is 0.337 e. The average Bonchev–Trinajstić information content (AvgIpc) is 3.05. The van der Waals surface area contributed by atoms with Gasteiger partial charge in [-0.2, -0.15) is 0 Å². The van der Waals surface area contributed by atoms with Crippen LogP contribution in [0, 0.1) is 0 Å². The predicted molar refractivity (Wildman–Crippen MR) is 82.8 cm³/mol. The summed E-state index contributed by atoms with van der Waals surface area (Å²) >= 11 is 3.87. The molecule has 2 aliphatic heterocycles. The average molecular weight is 309 g/mol. The highest BCUT2D eigenvalue weighted by Gasteiger charge is 2.41. The lowest BCUT2D eigenvalue weighted by atomic mass is 10.1. The minimum Gasteiger partial charge on any atom is -0.465 e. The van der Waals surface area contributed by atoms with E-state index in [0.29, 0.717) is 21.9 Å². The van der Waals surface area contributed by atoms with Crippen molar-refractivity contribution in [1.29, 1.82) is 0 Å². The Balaban J connectivity index is 2.03. The third-order valence-corrected chi connectivity index (χ3v) is 6.52. The van der Waals surface area contributed by atoms with E-state index in [1.165, 1.54) is 14.0 Å². The van der Waals surface area contributed by atoms with Gasteiger partial charge in [-0.05, 0) is 25.1 Å². The van der Waals surface area contributed by atoms with Crippen LogP contribution in [0.4, 0.5) is 5.69 Å². The normalized spacial score (nSPS) is 24.0. The van der Waals surface area contributed by atoms with Crippen LogP contribution in [-0.2, 0) is 4.74 Å². The number of fused-ring (bicyclic) bond motifs is 2. The van der Waals surface area contributed by atoms with Crippen LogP contribution >= 0.6 is 23.5 Å². The van der Waals surface area contributed by atoms with Gasteiger partial charge in [-0.15, -0.1) is 23.5 Å². The maximum absolute atomic E-state index is 11.8. The van der Waals surface area contributed by atoms with Gasteiger partial charge < -0.3 is 9.64 Å². The molecule has 0 saturated carbocycles. The van der Waals surface area contributed by atoms with Crippen LogP contribution in [0.5, 0.6) is 0 Å². The fourth-order valence-electron chi connectivity index (χ4n) is 2.52. The van der Waals surface area contributed by atoms with Crippen LogP contribution in [0.3, 0.4) is 0 Å². The van der Waals surface area contributed by atoms with E-state index < -0.39 is 5.97 Å². The summed E-state index contributed by atoms with van der Waals surface area (Å²) in [7, 11) is 1.35. The minimum absolute atomic E-state index is 0.0381. The Bertz CT molecular complexity index is 556. The van der Waals surface area contributed by atoms with Gasteiger partial charge in [0.25, 0.3) is 0 Å². The molecule has 6 heteroatoms. The number of thioether (sulfide) groups is 2. The van der Waals surface area contributed by atoms with Crippen LogP contribution in [0.1, 0.15) is 27.6 Å². The maximum atomic E-state index is 11.8. The minimum atomic E-state index is -0.402. The molecule has 0 N–H and O–H groups in total. The quantitative estimate of drug-likeness (QED) is 0.632. The van der Waals surface area contributed by atoms with Gasteiger partial charge in [0, 0.05) is 22.8 Å². The van der Waals surface area contributed by atoms with Gasteiger partial charge in [0.15, 0.2) is 5.78 Å². The summed E-state index contributed by atoms with van der Waals surface area (Å²) in [5.74, 6) is 1.74. The number of rotatable bonds is 3. The number of carbonyl (C=O) groups excluding carboxylic acids is 2. The Labute approximate surface area is 126 Å². The Morgan fingerprint density at radius 1 is 1.15 bits per heavy atom. The second-order valence-electron chi connectivity index (χ2n) is 4.80. The van der Waals surface area contributed by atoms with Gasteiger partial charge in [0.2, 0.25) is 0 Å². The SMILES string of the molecule is COC(=O)c1cc(C(C)=O)cc(N2C3CSC2CS3)c1. The van der Waals surface area contributed by atoms with Crippen molar-refractivity contribution < 1.29 is 14.3 Å². The number of benzene rings is 1. The summed E-state index contributed by atoms with van der Waals surface area (Å²) in [4.78, 5) is 25.8. The number of nitrogens with zero attached hydrogens (tertiary/aromatic N) is 1. The maximum Gasteiger partial charge on any atom is 0.337 e. The van der Waals surface area contributed by atoms with E-state index in [-0.39, 0.29) is 5.78 Å². The second-order valence-corrected chi connectivity index (χ2v) is 7.22. The fraction of sp³-hybridized carbons (Fsp3) is 0.429. The number of methoxy groups -OCH3 is 1. The highest BCUT2D eigenvalue weighted by Crippen LogP contribution is 2.46. The molecule has 1 aromatic carbocycles. The molecule has 2 unspecified atom stereocenters. The van der Waals surface area contributed by atoms with E-state index in [9.17, 15) is 9.59 Å². The molecule has 0 aliphatic carbocycles. The lowest BCUT2D eigenvalue weighted by molar-refractivity contribution is 0.0600. The summed E-state index contributed by atoms with van der Waals surface area (Å²) in [5.41, 5.74) is 1.95. The summed E-state index contributed by atoms with van der Waals surface area (Å²) < 4.78 is 4.78. The first-order valence-corrected chi connectivity index (χ1v) is 8.46. The molecular formula is C14H15NO3S2. The summed E-state index contributed by atoms with van der Waals surface area (Å²) in [6, 6.07) is 5.32. The van der Waals surface area contributed by atoms with Crippen LogP contribution in [-0.4, -0.2) is 41.1 Å². The molecule has 0 aromatic heterocycles. The van der Waals surface area contributed by atoms with E-state index in [1.807, 2.05) is 35.7 Å². The van der Waals surface area contributed by atoms with Gasteiger partial charge in [-0.25, -0.2) is 4.79 Å². The molecule has 0 radical (unpaired) electrons. The van der Waals surface area contributed by atoms with Crippen molar-refractivity contribution >= 4 is 41.0 Å². The van der Waals surface area contributed by atoms with Crippen molar-refractivity contribution in [2.75, 3.05) is 23.5 Å². The molecule has 1 aromatic rings. The molecule has 2 aliphatic rings. The second kappa shape index (κ2) is 5.33. The monoisotopic (exact) mass is 309 g/mol. The first kappa shape index (κ1) is 13.8.